The molecule has 7 heteroatoms. The zero-order valence-electron chi connectivity index (χ0n) is 10.9. The first-order valence-corrected chi connectivity index (χ1v) is 6.44. The lowest BCUT2D eigenvalue weighted by Gasteiger charge is -1.94. The van der Waals surface area contributed by atoms with Gasteiger partial charge in [-0.2, -0.15) is 14.9 Å². The molecule has 0 atom stereocenters. The summed E-state index contributed by atoms with van der Waals surface area (Å²) in [7, 11) is 0. The number of hydrogen-bond donors (Lipinski definition) is 3. The van der Waals surface area contributed by atoms with Gasteiger partial charge in [0.25, 0.3) is 0 Å². The molecule has 1 aromatic carbocycles. The molecule has 0 saturated carbocycles. The molecule has 4 N–H and O–H groups in total. The van der Waals surface area contributed by atoms with Gasteiger partial charge in [0.1, 0.15) is 5.82 Å². The number of aromatic amines is 2. The molecule has 4 rings (SSSR count). The summed E-state index contributed by atoms with van der Waals surface area (Å²) in [6.07, 6.45) is 0.785. The number of imidazole rings is 1. The zero-order chi connectivity index (χ0) is 13.7. The number of fused-ring (bicyclic) bond motifs is 2. The van der Waals surface area contributed by atoms with E-state index in [1.54, 1.807) is 4.68 Å². The Morgan fingerprint density at radius 1 is 1.30 bits per heavy atom. The van der Waals surface area contributed by atoms with Crippen molar-refractivity contribution >= 4 is 27.9 Å². The molecule has 0 fully saturated rings. The molecule has 0 saturated heterocycles. The summed E-state index contributed by atoms with van der Waals surface area (Å²) in [5.74, 6) is 1.18. The Kier molecular flexibility index (Phi) is 2.11. The van der Waals surface area contributed by atoms with Crippen LogP contribution in [-0.4, -0.2) is 29.9 Å². The number of benzene rings is 1. The molecule has 0 aliphatic heterocycles. The first kappa shape index (κ1) is 11.0. The van der Waals surface area contributed by atoms with Crippen LogP contribution in [0.3, 0.4) is 0 Å². The Morgan fingerprint density at radius 2 is 2.15 bits per heavy atom. The molecule has 3 heterocycles. The minimum absolute atomic E-state index is 0.541. The van der Waals surface area contributed by atoms with Crippen LogP contribution in [0.25, 0.3) is 28.0 Å². The Bertz CT molecular complexity index is 878. The summed E-state index contributed by atoms with van der Waals surface area (Å²) >= 11 is 0. The monoisotopic (exact) mass is 267 g/mol. The lowest BCUT2D eigenvalue weighted by atomic mass is 10.2. The highest BCUT2D eigenvalue weighted by Crippen LogP contribution is 2.25. The van der Waals surface area contributed by atoms with Crippen molar-refractivity contribution in [2.24, 2.45) is 0 Å². The lowest BCUT2D eigenvalue weighted by molar-refractivity contribution is 0.807. The average molecular weight is 267 g/mol. The van der Waals surface area contributed by atoms with Gasteiger partial charge in [0.15, 0.2) is 5.65 Å². The summed E-state index contributed by atoms with van der Waals surface area (Å²) in [6, 6.07) is 7.85. The van der Waals surface area contributed by atoms with Crippen molar-refractivity contribution in [3.63, 3.8) is 0 Å². The Hall–Kier alpha value is -2.83. The van der Waals surface area contributed by atoms with Crippen molar-refractivity contribution in [3.05, 3.63) is 30.0 Å². The zero-order valence-corrected chi connectivity index (χ0v) is 10.9. The maximum Gasteiger partial charge on any atom is 0.231 e. The maximum absolute atomic E-state index is 5.92. The Morgan fingerprint density at radius 3 is 2.95 bits per heavy atom. The maximum atomic E-state index is 5.92. The molecule has 0 bridgehead atoms. The van der Waals surface area contributed by atoms with Gasteiger partial charge in [-0.25, -0.2) is 4.98 Å². The fourth-order valence-corrected chi connectivity index (χ4v) is 2.44. The van der Waals surface area contributed by atoms with Gasteiger partial charge in [0.05, 0.1) is 22.1 Å². The third kappa shape index (κ3) is 1.37. The van der Waals surface area contributed by atoms with Crippen molar-refractivity contribution in [3.8, 4) is 5.95 Å². The molecule has 0 aliphatic rings. The number of hydrogen-bond acceptors (Lipinski definition) is 4. The highest BCUT2D eigenvalue weighted by atomic mass is 15.4. The van der Waals surface area contributed by atoms with Gasteiger partial charge in [-0.3, -0.25) is 5.10 Å². The third-order valence-electron chi connectivity index (χ3n) is 3.40. The Balaban J connectivity index is 2.01. The van der Waals surface area contributed by atoms with Crippen molar-refractivity contribution in [2.75, 3.05) is 5.73 Å². The van der Waals surface area contributed by atoms with Crippen molar-refractivity contribution in [2.45, 2.75) is 13.3 Å². The normalized spacial score (nSPS) is 11.7. The van der Waals surface area contributed by atoms with E-state index in [2.05, 4.69) is 25.3 Å². The van der Waals surface area contributed by atoms with E-state index in [1.165, 1.54) is 0 Å². The van der Waals surface area contributed by atoms with Gasteiger partial charge < -0.3 is 10.7 Å². The number of nitrogens with two attached hydrogens (primary N) is 1. The van der Waals surface area contributed by atoms with Crippen LogP contribution in [0.5, 0.6) is 0 Å². The van der Waals surface area contributed by atoms with Crippen molar-refractivity contribution < 1.29 is 0 Å². The topological polar surface area (TPSA) is 101 Å². The summed E-state index contributed by atoms with van der Waals surface area (Å²) in [5, 5.41) is 12.4. The molecule has 20 heavy (non-hydrogen) atoms. The van der Waals surface area contributed by atoms with Crippen LogP contribution in [0.15, 0.2) is 24.3 Å². The number of aromatic nitrogens is 6. The van der Waals surface area contributed by atoms with Crippen LogP contribution in [0, 0.1) is 0 Å². The molecule has 0 amide bonds. The number of nitrogens with zero attached hydrogens (tertiary/aromatic N) is 4. The molecule has 7 nitrogen and oxygen atoms in total. The number of nitrogens with one attached hydrogen (secondary N) is 2. The Labute approximate surface area is 113 Å². The fourth-order valence-electron chi connectivity index (χ4n) is 2.44. The molecular weight excluding hydrogens is 254 g/mol. The second-order valence-corrected chi connectivity index (χ2v) is 4.63. The van der Waals surface area contributed by atoms with E-state index in [0.29, 0.717) is 17.4 Å². The van der Waals surface area contributed by atoms with Crippen LogP contribution in [-0.2, 0) is 6.42 Å². The SMILES string of the molecule is CCc1nn(-c2nc3ccccc3[nH]2)c2n[nH]c(N)c12. The van der Waals surface area contributed by atoms with Crippen LogP contribution >= 0.6 is 0 Å². The lowest BCUT2D eigenvalue weighted by Crippen LogP contribution is -2.00. The molecule has 100 valence electrons. The molecule has 4 aromatic rings. The minimum Gasteiger partial charge on any atom is -0.383 e. The van der Waals surface area contributed by atoms with Gasteiger partial charge in [0.2, 0.25) is 5.95 Å². The molecule has 3 aromatic heterocycles. The second kappa shape index (κ2) is 3.83. The van der Waals surface area contributed by atoms with Crippen molar-refractivity contribution in [1.82, 2.24) is 29.9 Å². The summed E-state index contributed by atoms with van der Waals surface area (Å²) in [6.45, 7) is 2.04. The van der Waals surface area contributed by atoms with E-state index < -0.39 is 0 Å². The van der Waals surface area contributed by atoms with Gasteiger partial charge in [0, 0.05) is 0 Å². The smallest absolute Gasteiger partial charge is 0.231 e. The molecule has 0 spiro atoms. The van der Waals surface area contributed by atoms with Gasteiger partial charge >= 0.3 is 0 Å². The molecule has 0 aliphatic carbocycles. The van der Waals surface area contributed by atoms with E-state index in [0.717, 1.165) is 28.5 Å². The number of rotatable bonds is 2. The van der Waals surface area contributed by atoms with Gasteiger partial charge in [-0.15, -0.1) is 0 Å². The van der Waals surface area contributed by atoms with Crippen LogP contribution in [0.4, 0.5) is 5.82 Å². The fraction of sp³-hybridized carbons (Fsp3) is 0.154. The number of H-pyrrole nitrogens is 2. The van der Waals surface area contributed by atoms with Crippen LogP contribution < -0.4 is 5.73 Å². The van der Waals surface area contributed by atoms with Crippen LogP contribution in [0.1, 0.15) is 12.6 Å². The standard InChI is InChI=1S/C13H13N7/c1-2-7-10-11(14)17-18-12(10)20(19-7)13-15-8-5-3-4-6-9(8)16-13/h3-6H,2H2,1H3,(H,15,16)(H3,14,17,18). The summed E-state index contributed by atoms with van der Waals surface area (Å²) in [5.41, 5.74) is 9.38. The summed E-state index contributed by atoms with van der Waals surface area (Å²) < 4.78 is 1.70. The molecule has 0 radical (unpaired) electrons. The van der Waals surface area contributed by atoms with E-state index in [-0.39, 0.29) is 0 Å². The van der Waals surface area contributed by atoms with Crippen molar-refractivity contribution in [1.29, 1.82) is 0 Å². The predicted molar refractivity (Wildman–Crippen MR) is 76.7 cm³/mol. The number of para-hydroxylation sites is 2. The average Bonchev–Trinajstić information content (AvgIpc) is 3.13. The van der Waals surface area contributed by atoms with E-state index in [1.807, 2.05) is 31.2 Å². The van der Waals surface area contributed by atoms with Gasteiger partial charge in [-0.1, -0.05) is 19.1 Å². The van der Waals surface area contributed by atoms with E-state index in [4.69, 9.17) is 5.73 Å². The van der Waals surface area contributed by atoms with E-state index in [9.17, 15) is 0 Å². The molecule has 0 unspecified atom stereocenters. The van der Waals surface area contributed by atoms with E-state index >= 15 is 0 Å². The largest absolute Gasteiger partial charge is 0.383 e. The number of nitrogen functional groups attached to an aromatic ring is 1. The predicted octanol–water partition coefficient (Wildman–Crippen LogP) is 1.77. The minimum atomic E-state index is 0.541. The number of aryl methyl sites for hydroxylation is 1. The quantitative estimate of drug-likeness (QED) is 0.515. The second-order valence-electron chi connectivity index (χ2n) is 4.63. The third-order valence-corrected chi connectivity index (χ3v) is 3.40. The molecular formula is C13H13N7. The highest BCUT2D eigenvalue weighted by molar-refractivity contribution is 5.90. The highest BCUT2D eigenvalue weighted by Gasteiger charge is 2.18. The summed E-state index contributed by atoms with van der Waals surface area (Å²) in [4.78, 5) is 7.79. The first-order valence-electron chi connectivity index (χ1n) is 6.44. The van der Waals surface area contributed by atoms with Crippen LogP contribution in [0.2, 0.25) is 0 Å². The first-order chi connectivity index (χ1) is 9.78. The van der Waals surface area contributed by atoms with Gasteiger partial charge in [-0.05, 0) is 18.6 Å². The number of anilines is 1.